The number of benzene rings is 1. The molecule has 1 atom stereocenters. The second-order valence-electron chi connectivity index (χ2n) is 6.87. The zero-order valence-corrected chi connectivity index (χ0v) is 14.9. The number of nitrogens with one attached hydrogen (secondary N) is 1. The minimum atomic E-state index is 0.608. The number of rotatable bonds is 6. The average Bonchev–Trinajstić information content (AvgIpc) is 3.31. The van der Waals surface area contributed by atoms with E-state index in [9.17, 15) is 0 Å². The molecule has 1 fully saturated rings. The molecule has 2 aromatic heterocycles. The Labute approximate surface area is 153 Å². The molecule has 4 rings (SSSR count). The maximum Gasteiger partial charge on any atom is 0.241 e. The molecule has 0 amide bonds. The van der Waals surface area contributed by atoms with Gasteiger partial charge in [-0.3, -0.25) is 4.90 Å². The molecule has 1 aromatic carbocycles. The summed E-state index contributed by atoms with van der Waals surface area (Å²) in [7, 11) is 0. The lowest BCUT2D eigenvalue weighted by Crippen LogP contribution is -2.23. The first kappa shape index (κ1) is 16.7. The van der Waals surface area contributed by atoms with Gasteiger partial charge in [-0.05, 0) is 44.0 Å². The van der Waals surface area contributed by atoms with Gasteiger partial charge in [0, 0.05) is 24.8 Å². The summed E-state index contributed by atoms with van der Waals surface area (Å²) in [6.45, 7) is 5.79. The quantitative estimate of drug-likeness (QED) is 0.736. The fourth-order valence-corrected chi connectivity index (χ4v) is 3.35. The zero-order chi connectivity index (χ0) is 17.8. The Balaban J connectivity index is 1.30. The Morgan fingerprint density at radius 3 is 3.04 bits per heavy atom. The van der Waals surface area contributed by atoms with E-state index in [2.05, 4.69) is 44.4 Å². The SMILES string of the molecule is Cc1cccc(-c2noc(CN3CC[C@@H](CNc4ccccn4)C3)n2)c1. The third-order valence-electron chi connectivity index (χ3n) is 4.71. The highest BCUT2D eigenvalue weighted by Crippen LogP contribution is 2.21. The normalized spacial score (nSPS) is 17.5. The average molecular weight is 349 g/mol. The Morgan fingerprint density at radius 1 is 1.23 bits per heavy atom. The van der Waals surface area contributed by atoms with Gasteiger partial charge in [-0.15, -0.1) is 0 Å². The summed E-state index contributed by atoms with van der Waals surface area (Å²) in [5, 5.41) is 7.54. The van der Waals surface area contributed by atoms with Crippen molar-refractivity contribution < 1.29 is 4.52 Å². The molecule has 1 N–H and O–H groups in total. The maximum absolute atomic E-state index is 5.46. The highest BCUT2D eigenvalue weighted by molar-refractivity contribution is 5.55. The van der Waals surface area contributed by atoms with Crippen LogP contribution in [-0.2, 0) is 6.54 Å². The van der Waals surface area contributed by atoms with Gasteiger partial charge >= 0.3 is 0 Å². The first-order valence-corrected chi connectivity index (χ1v) is 9.03. The molecular weight excluding hydrogens is 326 g/mol. The summed E-state index contributed by atoms with van der Waals surface area (Å²) >= 11 is 0. The van der Waals surface area contributed by atoms with Crippen LogP contribution in [0.5, 0.6) is 0 Å². The minimum Gasteiger partial charge on any atom is -0.370 e. The molecule has 0 radical (unpaired) electrons. The molecule has 1 aliphatic rings. The monoisotopic (exact) mass is 349 g/mol. The lowest BCUT2D eigenvalue weighted by molar-refractivity contribution is 0.261. The number of pyridine rings is 1. The van der Waals surface area contributed by atoms with Gasteiger partial charge in [0.25, 0.3) is 0 Å². The van der Waals surface area contributed by atoms with E-state index in [1.54, 1.807) is 0 Å². The molecule has 0 aliphatic carbocycles. The third-order valence-corrected chi connectivity index (χ3v) is 4.71. The molecule has 0 bridgehead atoms. The van der Waals surface area contributed by atoms with Crippen molar-refractivity contribution in [3.8, 4) is 11.4 Å². The number of nitrogens with zero attached hydrogens (tertiary/aromatic N) is 4. The van der Waals surface area contributed by atoms with Crippen molar-refractivity contribution in [2.24, 2.45) is 5.92 Å². The summed E-state index contributed by atoms with van der Waals surface area (Å²) in [6, 6.07) is 14.1. The van der Waals surface area contributed by atoms with Crippen LogP contribution in [0.15, 0.2) is 53.2 Å². The second-order valence-corrected chi connectivity index (χ2v) is 6.87. The van der Waals surface area contributed by atoms with E-state index in [4.69, 9.17) is 4.52 Å². The molecule has 0 unspecified atom stereocenters. The topological polar surface area (TPSA) is 67.1 Å². The Kier molecular flexibility index (Phi) is 4.93. The van der Waals surface area contributed by atoms with Gasteiger partial charge in [0.2, 0.25) is 11.7 Å². The highest BCUT2D eigenvalue weighted by Gasteiger charge is 2.24. The van der Waals surface area contributed by atoms with E-state index >= 15 is 0 Å². The molecule has 1 aliphatic heterocycles. The van der Waals surface area contributed by atoms with E-state index in [1.165, 1.54) is 12.0 Å². The molecular formula is C20H23N5O. The van der Waals surface area contributed by atoms with Crippen molar-refractivity contribution in [3.63, 3.8) is 0 Å². The summed E-state index contributed by atoms with van der Waals surface area (Å²) < 4.78 is 5.46. The van der Waals surface area contributed by atoms with Crippen LogP contribution in [0.2, 0.25) is 0 Å². The fourth-order valence-electron chi connectivity index (χ4n) is 3.35. The number of aromatic nitrogens is 3. The van der Waals surface area contributed by atoms with E-state index in [0.29, 0.717) is 24.2 Å². The molecule has 0 saturated carbocycles. The van der Waals surface area contributed by atoms with Gasteiger partial charge in [0.05, 0.1) is 6.54 Å². The van der Waals surface area contributed by atoms with E-state index in [1.807, 2.05) is 36.5 Å². The third kappa shape index (κ3) is 4.08. The molecule has 3 aromatic rings. The largest absolute Gasteiger partial charge is 0.370 e. The fraction of sp³-hybridized carbons (Fsp3) is 0.350. The van der Waals surface area contributed by atoms with E-state index in [0.717, 1.165) is 31.0 Å². The lowest BCUT2D eigenvalue weighted by Gasteiger charge is -2.14. The number of hydrogen-bond acceptors (Lipinski definition) is 6. The van der Waals surface area contributed by atoms with Crippen molar-refractivity contribution in [2.45, 2.75) is 19.9 Å². The first-order chi connectivity index (χ1) is 12.8. The van der Waals surface area contributed by atoms with Crippen molar-refractivity contribution in [1.29, 1.82) is 0 Å². The lowest BCUT2D eigenvalue weighted by atomic mass is 10.1. The van der Waals surface area contributed by atoms with Crippen molar-refractivity contribution in [2.75, 3.05) is 25.0 Å². The smallest absolute Gasteiger partial charge is 0.241 e. The number of hydrogen-bond donors (Lipinski definition) is 1. The van der Waals surface area contributed by atoms with Crippen LogP contribution < -0.4 is 5.32 Å². The van der Waals surface area contributed by atoms with Crippen LogP contribution in [0, 0.1) is 12.8 Å². The Hall–Kier alpha value is -2.73. The van der Waals surface area contributed by atoms with E-state index < -0.39 is 0 Å². The van der Waals surface area contributed by atoms with Crippen molar-refractivity contribution in [1.82, 2.24) is 20.0 Å². The maximum atomic E-state index is 5.46. The summed E-state index contributed by atoms with van der Waals surface area (Å²) in [4.78, 5) is 11.2. The van der Waals surface area contributed by atoms with Gasteiger partial charge in [0.15, 0.2) is 0 Å². The van der Waals surface area contributed by atoms with Gasteiger partial charge < -0.3 is 9.84 Å². The molecule has 1 saturated heterocycles. The van der Waals surface area contributed by atoms with Crippen LogP contribution in [0.1, 0.15) is 17.9 Å². The Bertz CT molecular complexity index is 848. The first-order valence-electron chi connectivity index (χ1n) is 9.03. The number of aryl methyl sites for hydroxylation is 1. The van der Waals surface area contributed by atoms with Gasteiger partial charge in [0.1, 0.15) is 5.82 Å². The van der Waals surface area contributed by atoms with Crippen LogP contribution >= 0.6 is 0 Å². The second kappa shape index (κ2) is 7.66. The minimum absolute atomic E-state index is 0.608. The van der Waals surface area contributed by atoms with Gasteiger partial charge in [-0.25, -0.2) is 4.98 Å². The predicted molar refractivity (Wildman–Crippen MR) is 101 cm³/mol. The predicted octanol–water partition coefficient (Wildman–Crippen LogP) is 3.37. The zero-order valence-electron chi connectivity index (χ0n) is 14.9. The van der Waals surface area contributed by atoms with Crippen LogP contribution in [0.25, 0.3) is 11.4 Å². The van der Waals surface area contributed by atoms with Crippen LogP contribution in [-0.4, -0.2) is 39.7 Å². The standard InChI is InChI=1S/C20H23N5O/c1-15-5-4-6-17(11-15)20-23-19(26-24-20)14-25-10-8-16(13-25)12-22-18-7-2-3-9-21-18/h2-7,9,11,16H,8,10,12-14H2,1H3,(H,21,22)/t16-/m0/s1. The molecule has 6 heteroatoms. The van der Waals surface area contributed by atoms with Crippen LogP contribution in [0.4, 0.5) is 5.82 Å². The summed E-state index contributed by atoms with van der Waals surface area (Å²) in [5.74, 6) is 2.89. The Morgan fingerprint density at radius 2 is 2.19 bits per heavy atom. The highest BCUT2D eigenvalue weighted by atomic mass is 16.5. The van der Waals surface area contributed by atoms with E-state index in [-0.39, 0.29) is 0 Å². The number of anilines is 1. The van der Waals surface area contributed by atoms with Crippen LogP contribution in [0.3, 0.4) is 0 Å². The summed E-state index contributed by atoms with van der Waals surface area (Å²) in [5.41, 5.74) is 2.19. The number of likely N-dealkylation sites (tertiary alicyclic amines) is 1. The van der Waals surface area contributed by atoms with Gasteiger partial charge in [-0.1, -0.05) is 35.0 Å². The van der Waals surface area contributed by atoms with Crippen molar-refractivity contribution >= 4 is 5.82 Å². The van der Waals surface area contributed by atoms with Crippen molar-refractivity contribution in [3.05, 3.63) is 60.1 Å². The molecule has 3 heterocycles. The summed E-state index contributed by atoms with van der Waals surface area (Å²) in [6.07, 6.45) is 2.98. The molecule has 6 nitrogen and oxygen atoms in total. The molecule has 134 valence electrons. The van der Waals surface area contributed by atoms with Gasteiger partial charge in [-0.2, -0.15) is 4.98 Å². The molecule has 26 heavy (non-hydrogen) atoms. The molecule has 0 spiro atoms.